The van der Waals surface area contributed by atoms with Crippen LogP contribution in [0.1, 0.15) is 41.0 Å². The summed E-state index contributed by atoms with van der Waals surface area (Å²) in [4.78, 5) is 25.4. The number of hydrogen-bond acceptors (Lipinski definition) is 4. The van der Waals surface area contributed by atoms with Gasteiger partial charge in [-0.1, -0.05) is 13.8 Å². The molecule has 0 radical (unpaired) electrons. The number of aliphatic hydroxyl groups is 1. The van der Waals surface area contributed by atoms with Crippen LogP contribution in [0.15, 0.2) is 0 Å². The van der Waals surface area contributed by atoms with Crippen LogP contribution in [0, 0.1) is 5.92 Å². The third-order valence-electron chi connectivity index (χ3n) is 3.10. The summed E-state index contributed by atoms with van der Waals surface area (Å²) in [7, 11) is 0. The van der Waals surface area contributed by atoms with Gasteiger partial charge in [-0.15, -0.1) is 0 Å². The van der Waals surface area contributed by atoms with Crippen LogP contribution in [0.4, 0.5) is 0 Å². The average molecular weight is 272 g/mol. The Morgan fingerprint density at radius 3 is 2.16 bits per heavy atom. The quantitative estimate of drug-likeness (QED) is 0.651. The molecule has 112 valence electrons. The molecular weight excluding hydrogens is 244 g/mol. The van der Waals surface area contributed by atoms with Crippen molar-refractivity contribution < 1.29 is 14.7 Å². The molecule has 0 aromatic rings. The number of rotatable bonds is 9. The first-order valence-electron chi connectivity index (χ1n) is 6.94. The molecule has 0 heterocycles. The van der Waals surface area contributed by atoms with Crippen LogP contribution in [0.3, 0.4) is 0 Å². The van der Waals surface area contributed by atoms with Crippen molar-refractivity contribution >= 4 is 11.7 Å². The second kappa shape index (κ2) is 9.04. The van der Waals surface area contributed by atoms with Gasteiger partial charge < -0.3 is 10.4 Å². The lowest BCUT2D eigenvalue weighted by Crippen LogP contribution is -2.48. The molecule has 0 aromatic carbocycles. The van der Waals surface area contributed by atoms with Crippen LogP contribution in [0.5, 0.6) is 0 Å². The van der Waals surface area contributed by atoms with Crippen molar-refractivity contribution in [1.82, 2.24) is 10.2 Å². The second-order valence-electron chi connectivity index (χ2n) is 5.54. The fourth-order valence-corrected chi connectivity index (χ4v) is 1.93. The summed E-state index contributed by atoms with van der Waals surface area (Å²) in [6, 6.07) is -0.188. The molecule has 0 bridgehead atoms. The lowest BCUT2D eigenvalue weighted by molar-refractivity contribution is -0.128. The normalized spacial score (nSPS) is 13.1. The molecule has 0 fully saturated rings. The van der Waals surface area contributed by atoms with E-state index in [2.05, 4.69) is 5.32 Å². The summed E-state index contributed by atoms with van der Waals surface area (Å²) in [5.74, 6) is -0.0678. The maximum absolute atomic E-state index is 12.0. The van der Waals surface area contributed by atoms with Gasteiger partial charge in [0.15, 0.2) is 5.78 Å². The van der Waals surface area contributed by atoms with E-state index in [9.17, 15) is 9.59 Å². The van der Waals surface area contributed by atoms with E-state index in [1.807, 2.05) is 32.6 Å². The molecule has 19 heavy (non-hydrogen) atoms. The lowest BCUT2D eigenvalue weighted by Gasteiger charge is -2.27. The number of carbonyl (C=O) groups excluding carboxylic acids is 2. The molecule has 5 nitrogen and oxygen atoms in total. The van der Waals surface area contributed by atoms with Crippen LogP contribution in [-0.4, -0.2) is 53.5 Å². The van der Waals surface area contributed by atoms with E-state index in [-0.39, 0.29) is 36.8 Å². The van der Waals surface area contributed by atoms with Gasteiger partial charge in [0.05, 0.1) is 12.6 Å². The maximum Gasteiger partial charge on any atom is 0.234 e. The molecule has 0 aliphatic carbocycles. The molecule has 0 aliphatic rings. The number of ketones is 1. The van der Waals surface area contributed by atoms with Crippen molar-refractivity contribution in [3.05, 3.63) is 0 Å². The lowest BCUT2D eigenvalue weighted by atomic mass is 10.0. The zero-order chi connectivity index (χ0) is 15.0. The smallest absolute Gasteiger partial charge is 0.234 e. The van der Waals surface area contributed by atoms with Gasteiger partial charge in [0, 0.05) is 19.2 Å². The highest BCUT2D eigenvalue weighted by molar-refractivity contribution is 5.88. The summed E-state index contributed by atoms with van der Waals surface area (Å²) in [5.41, 5.74) is 0. The number of carbonyl (C=O) groups is 2. The largest absolute Gasteiger partial charge is 0.396 e. The molecular formula is C14H28N2O3. The first-order chi connectivity index (χ1) is 8.79. The zero-order valence-electron chi connectivity index (χ0n) is 12.8. The Hall–Kier alpha value is -0.940. The molecule has 0 aliphatic heterocycles. The summed E-state index contributed by atoms with van der Waals surface area (Å²) in [6.45, 7) is 10.4. The fraction of sp³-hybridized carbons (Fsp3) is 0.857. The van der Waals surface area contributed by atoms with Crippen molar-refractivity contribution in [3.8, 4) is 0 Å². The van der Waals surface area contributed by atoms with Crippen LogP contribution in [-0.2, 0) is 9.59 Å². The van der Waals surface area contributed by atoms with Crippen LogP contribution >= 0.6 is 0 Å². The molecule has 0 saturated heterocycles. The first kappa shape index (κ1) is 18.1. The number of Topliss-reactive ketones (excluding diaryl/α,β-unsaturated/α-hetero) is 1. The third-order valence-corrected chi connectivity index (χ3v) is 3.10. The summed E-state index contributed by atoms with van der Waals surface area (Å²) in [6.07, 6.45) is 0.645. The van der Waals surface area contributed by atoms with E-state index >= 15 is 0 Å². The Kier molecular flexibility index (Phi) is 8.59. The van der Waals surface area contributed by atoms with Crippen molar-refractivity contribution in [2.45, 2.75) is 53.1 Å². The first-order valence-corrected chi connectivity index (χ1v) is 6.94. The van der Waals surface area contributed by atoms with Gasteiger partial charge in [-0.2, -0.15) is 0 Å². The van der Waals surface area contributed by atoms with Crippen molar-refractivity contribution in [2.75, 3.05) is 19.7 Å². The van der Waals surface area contributed by atoms with Gasteiger partial charge in [0.1, 0.15) is 0 Å². The monoisotopic (exact) mass is 272 g/mol. The van der Waals surface area contributed by atoms with Crippen LogP contribution in [0.25, 0.3) is 0 Å². The number of nitrogens with one attached hydrogen (secondary N) is 1. The number of nitrogens with zero attached hydrogens (tertiary/aromatic N) is 1. The second-order valence-corrected chi connectivity index (χ2v) is 5.54. The number of amides is 1. The van der Waals surface area contributed by atoms with Gasteiger partial charge in [-0.05, 0) is 33.1 Å². The Morgan fingerprint density at radius 1 is 1.21 bits per heavy atom. The summed E-state index contributed by atoms with van der Waals surface area (Å²) >= 11 is 0. The van der Waals surface area contributed by atoms with Crippen molar-refractivity contribution in [1.29, 1.82) is 0 Å². The molecule has 1 amide bonds. The summed E-state index contributed by atoms with van der Waals surface area (Å²) < 4.78 is 0. The molecule has 5 heteroatoms. The molecule has 0 aromatic heterocycles. The standard InChI is InChI=1S/C14H28N2O3/c1-10(2)14(12(5)18)15-13(19)9-16(11(3)4)7-6-8-17/h10-11,14,17H,6-9H2,1-5H3,(H,15,19). The Bertz CT molecular complexity index is 290. The van der Waals surface area contributed by atoms with E-state index in [1.54, 1.807) is 0 Å². The van der Waals surface area contributed by atoms with Gasteiger partial charge >= 0.3 is 0 Å². The predicted octanol–water partition coefficient (Wildman–Crippen LogP) is 0.809. The molecule has 0 spiro atoms. The average Bonchev–Trinajstić information content (AvgIpc) is 2.30. The minimum absolute atomic E-state index is 0.0187. The Balaban J connectivity index is 4.43. The SMILES string of the molecule is CC(=O)C(NC(=O)CN(CCCO)C(C)C)C(C)C. The Morgan fingerprint density at radius 2 is 1.79 bits per heavy atom. The van der Waals surface area contributed by atoms with Crippen molar-refractivity contribution in [3.63, 3.8) is 0 Å². The van der Waals surface area contributed by atoms with Gasteiger partial charge in [-0.25, -0.2) is 0 Å². The molecule has 0 saturated carbocycles. The van der Waals surface area contributed by atoms with Gasteiger partial charge in [0.25, 0.3) is 0 Å². The van der Waals surface area contributed by atoms with Gasteiger partial charge in [0.2, 0.25) is 5.91 Å². The molecule has 1 unspecified atom stereocenters. The number of hydrogen-bond donors (Lipinski definition) is 2. The van der Waals surface area contributed by atoms with Gasteiger partial charge in [-0.3, -0.25) is 14.5 Å². The molecule has 1 atom stereocenters. The molecule has 0 rings (SSSR count). The topological polar surface area (TPSA) is 69.6 Å². The molecule has 2 N–H and O–H groups in total. The highest BCUT2D eigenvalue weighted by Gasteiger charge is 2.22. The zero-order valence-corrected chi connectivity index (χ0v) is 12.8. The minimum atomic E-state index is -0.417. The van der Waals surface area contributed by atoms with Crippen molar-refractivity contribution in [2.24, 2.45) is 5.92 Å². The highest BCUT2D eigenvalue weighted by Crippen LogP contribution is 2.04. The van der Waals surface area contributed by atoms with E-state index in [0.29, 0.717) is 13.0 Å². The third kappa shape index (κ3) is 7.28. The number of aliphatic hydroxyl groups excluding tert-OH is 1. The Labute approximate surface area is 116 Å². The van der Waals surface area contributed by atoms with E-state index in [4.69, 9.17) is 5.11 Å². The van der Waals surface area contributed by atoms with Crippen LogP contribution in [0.2, 0.25) is 0 Å². The summed E-state index contributed by atoms with van der Waals surface area (Å²) in [5, 5.41) is 11.6. The maximum atomic E-state index is 12.0. The minimum Gasteiger partial charge on any atom is -0.396 e. The fourth-order valence-electron chi connectivity index (χ4n) is 1.93. The van der Waals surface area contributed by atoms with Crippen LogP contribution < -0.4 is 5.32 Å². The predicted molar refractivity (Wildman–Crippen MR) is 75.9 cm³/mol. The van der Waals surface area contributed by atoms with E-state index in [1.165, 1.54) is 6.92 Å². The highest BCUT2D eigenvalue weighted by atomic mass is 16.3. The van der Waals surface area contributed by atoms with E-state index in [0.717, 1.165) is 0 Å². The van der Waals surface area contributed by atoms with E-state index < -0.39 is 6.04 Å².